The van der Waals surface area contributed by atoms with Gasteiger partial charge in [-0.2, -0.15) is 0 Å². The van der Waals surface area contributed by atoms with Gasteiger partial charge in [-0.25, -0.2) is 0 Å². The molecule has 156 valence electrons. The lowest BCUT2D eigenvalue weighted by molar-refractivity contribution is 1.51. The van der Waals surface area contributed by atoms with Crippen molar-refractivity contribution in [3.05, 3.63) is 102 Å². The molecular weight excluding hydrogens is 408 g/mol. The fraction of sp³-hybridized carbons (Fsp3) is 0.100. The Labute approximate surface area is 200 Å². The Balaban J connectivity index is 1.88. The van der Waals surface area contributed by atoms with Crippen LogP contribution in [0, 0.1) is 20.6 Å². The van der Waals surface area contributed by atoms with E-state index in [1.165, 1.54) is 54.6 Å². The lowest BCUT2D eigenvalue weighted by Gasteiger charge is -2.02. The molecule has 3 heteroatoms. The summed E-state index contributed by atoms with van der Waals surface area (Å²) in [7, 11) is 0. The molecule has 7 aromatic rings. The zero-order chi connectivity index (χ0) is 30.3. The summed E-state index contributed by atoms with van der Waals surface area (Å²) in [6.07, 6.45) is 0. The van der Waals surface area contributed by atoms with Gasteiger partial charge in [0.25, 0.3) is 0 Å². The highest BCUT2D eigenvalue weighted by molar-refractivity contribution is 6.42. The Morgan fingerprint density at radius 3 is 1.00 bits per heavy atom. The summed E-state index contributed by atoms with van der Waals surface area (Å²) in [5, 5.41) is 1.63. The number of hydrogen-bond acceptors (Lipinski definition) is 3. The van der Waals surface area contributed by atoms with E-state index in [-0.39, 0.29) is 81.3 Å². The Morgan fingerprint density at radius 1 is 0.424 bits per heavy atom. The maximum absolute atomic E-state index is 14.0. The van der Waals surface area contributed by atoms with Crippen LogP contribution in [0.3, 0.4) is 0 Å². The Bertz CT molecular complexity index is 2170. The summed E-state index contributed by atoms with van der Waals surface area (Å²) >= 11 is 0. The van der Waals surface area contributed by atoms with Gasteiger partial charge in [-0.3, -0.25) is 14.4 Å². The predicted octanol–water partition coefficient (Wildman–Crippen LogP) is 5.93. The third-order valence-electron chi connectivity index (χ3n) is 6.78. The zero-order valence-corrected chi connectivity index (χ0v) is 16.9. The van der Waals surface area contributed by atoms with Crippen LogP contribution in [0.1, 0.15) is 29.0 Å². The van der Waals surface area contributed by atoms with Gasteiger partial charge in [-0.15, -0.1) is 0 Å². The van der Waals surface area contributed by atoms with Crippen LogP contribution in [0.4, 0.5) is 0 Å². The molecule has 0 heterocycles. The molecule has 3 nitrogen and oxygen atoms in total. The smallest absolute Gasteiger partial charge is 0.194 e. The molecule has 0 N–H and O–H groups in total. The predicted molar refractivity (Wildman–Crippen MR) is 138 cm³/mol. The van der Waals surface area contributed by atoms with Crippen molar-refractivity contribution in [1.82, 2.24) is 0 Å². The molecule has 0 radical (unpaired) electrons. The van der Waals surface area contributed by atoms with E-state index in [4.69, 9.17) is 12.3 Å². The fourth-order valence-corrected chi connectivity index (χ4v) is 5.49. The van der Waals surface area contributed by atoms with Gasteiger partial charge in [0.15, 0.2) is 16.3 Å². The van der Waals surface area contributed by atoms with E-state index >= 15 is 0 Å². The summed E-state index contributed by atoms with van der Waals surface area (Å²) in [5.41, 5.74) is -1.73. The van der Waals surface area contributed by atoms with Crippen LogP contribution in [0.5, 0.6) is 0 Å². The molecule has 0 aliphatic rings. The fourth-order valence-electron chi connectivity index (χ4n) is 5.49. The molecule has 7 rings (SSSR count). The molecule has 0 unspecified atom stereocenters. The Kier molecular flexibility index (Phi) is 2.06. The van der Waals surface area contributed by atoms with Gasteiger partial charge in [0.1, 0.15) is 0 Å². The SMILES string of the molecule is [2H]C([2H])([2H])c1ccc2c(=O)c3c(c2c1)c1c(=O)c2ccc(C([2H])([2H])[2H])cc2c1c1c(=O)c2ccc(C([2H])([2H])[2H])cc2c31. The lowest BCUT2D eigenvalue weighted by atomic mass is 9.98. The van der Waals surface area contributed by atoms with Crippen LogP contribution in [0.2, 0.25) is 0 Å². The maximum Gasteiger partial charge on any atom is 0.194 e. The third-order valence-corrected chi connectivity index (χ3v) is 6.78. The number of rotatable bonds is 0. The van der Waals surface area contributed by atoms with Crippen molar-refractivity contribution in [2.75, 3.05) is 0 Å². The van der Waals surface area contributed by atoms with Crippen LogP contribution in [-0.2, 0) is 0 Å². The van der Waals surface area contributed by atoms with Gasteiger partial charge >= 0.3 is 0 Å². The summed E-state index contributed by atoms with van der Waals surface area (Å²) in [6.45, 7) is -7.54. The van der Waals surface area contributed by atoms with E-state index in [2.05, 4.69) is 0 Å². The second-order valence-electron chi connectivity index (χ2n) is 8.52. The second-order valence-corrected chi connectivity index (χ2v) is 8.52. The van der Waals surface area contributed by atoms with Crippen molar-refractivity contribution in [3.63, 3.8) is 0 Å². The highest BCUT2D eigenvalue weighted by Gasteiger charge is 2.26. The molecule has 33 heavy (non-hydrogen) atoms. The van der Waals surface area contributed by atoms with E-state index in [1.807, 2.05) is 0 Å². The molecule has 0 aliphatic heterocycles. The van der Waals surface area contributed by atoms with Gasteiger partial charge in [0.2, 0.25) is 0 Å². The first-order chi connectivity index (χ1) is 19.5. The minimum absolute atomic E-state index is 0.0217. The normalized spacial score (nSPS) is 17.6. The van der Waals surface area contributed by atoms with Crippen molar-refractivity contribution in [2.45, 2.75) is 20.6 Å². The molecule has 0 fully saturated rings. The first-order valence-electron chi connectivity index (χ1n) is 14.8. The maximum atomic E-state index is 14.0. The highest BCUT2D eigenvalue weighted by Crippen LogP contribution is 2.43. The van der Waals surface area contributed by atoms with Gasteiger partial charge in [0.05, 0.1) is 0 Å². The largest absolute Gasteiger partial charge is 0.289 e. The highest BCUT2D eigenvalue weighted by atomic mass is 16.1. The summed E-state index contributed by atoms with van der Waals surface area (Å²) in [4.78, 5) is 42.1. The zero-order valence-electron chi connectivity index (χ0n) is 25.9. The monoisotopic (exact) mass is 435 g/mol. The average molecular weight is 436 g/mol. The molecule has 0 saturated carbocycles. The van der Waals surface area contributed by atoms with E-state index in [1.54, 1.807) is 0 Å². The molecule has 0 spiro atoms. The number of hydrogen-bond donors (Lipinski definition) is 0. The van der Waals surface area contributed by atoms with Crippen molar-refractivity contribution >= 4 is 64.6 Å². The van der Waals surface area contributed by atoms with Gasteiger partial charge in [0, 0.05) is 60.8 Å². The molecule has 7 aromatic carbocycles. The van der Waals surface area contributed by atoms with Gasteiger partial charge in [-0.05, 0) is 36.7 Å². The van der Waals surface area contributed by atoms with Crippen LogP contribution in [-0.4, -0.2) is 0 Å². The van der Waals surface area contributed by atoms with Crippen LogP contribution >= 0.6 is 0 Å². The van der Waals surface area contributed by atoms with Crippen molar-refractivity contribution in [1.29, 1.82) is 0 Å². The standard InChI is InChI=1S/C30H18O3/c1-13-4-7-16-19(10-13)22-25(28(16)31)23-21-12-15(3)6-9-18(21)30(33)27(23)24-20-11-14(2)5-8-17(20)29(32)26(22)24/h4-12H,1-3H3/i1D3,2D3,3D3. The van der Waals surface area contributed by atoms with E-state index in [9.17, 15) is 14.4 Å². The van der Waals surface area contributed by atoms with Gasteiger partial charge < -0.3 is 0 Å². The molecule has 0 saturated heterocycles. The first-order valence-corrected chi connectivity index (χ1v) is 10.3. The Hall–Kier alpha value is -4.11. The molecule has 0 aromatic heterocycles. The van der Waals surface area contributed by atoms with Gasteiger partial charge in [-0.1, -0.05) is 71.3 Å². The summed E-state index contributed by atoms with van der Waals surface area (Å²) in [5.74, 6) is 0. The van der Waals surface area contributed by atoms with Crippen LogP contribution in [0.25, 0.3) is 64.6 Å². The number of fused-ring (bicyclic) bond motifs is 12. The van der Waals surface area contributed by atoms with Crippen molar-refractivity contribution < 1.29 is 12.3 Å². The topological polar surface area (TPSA) is 51.2 Å². The first kappa shape index (κ1) is 11.7. The van der Waals surface area contributed by atoms with E-state index < -0.39 is 36.8 Å². The summed E-state index contributed by atoms with van der Waals surface area (Å²) < 4.78 is 71.2. The van der Waals surface area contributed by atoms with Crippen LogP contribution < -0.4 is 16.3 Å². The molecular formula is C30H18O3. The number of aryl methyl sites for hydroxylation is 3. The Morgan fingerprint density at radius 2 is 0.727 bits per heavy atom. The van der Waals surface area contributed by atoms with Crippen molar-refractivity contribution in [3.8, 4) is 0 Å². The molecule has 0 amide bonds. The molecule has 0 atom stereocenters. The quantitative estimate of drug-likeness (QED) is 0.297. The minimum atomic E-state index is -2.51. The second kappa shape index (κ2) is 5.81. The third kappa shape index (κ3) is 2.08. The summed E-state index contributed by atoms with van der Waals surface area (Å²) in [6, 6.07) is 12.2. The van der Waals surface area contributed by atoms with E-state index in [0.29, 0.717) is 0 Å². The van der Waals surface area contributed by atoms with Crippen LogP contribution in [0.15, 0.2) is 69.0 Å². The minimum Gasteiger partial charge on any atom is -0.289 e. The lowest BCUT2D eigenvalue weighted by Crippen LogP contribution is -1.99. The number of benzene rings is 4. The van der Waals surface area contributed by atoms with Crippen molar-refractivity contribution in [2.24, 2.45) is 0 Å². The molecule has 0 aliphatic carbocycles. The molecule has 0 bridgehead atoms. The van der Waals surface area contributed by atoms with E-state index in [0.717, 1.165) is 0 Å². The average Bonchev–Trinajstić information content (AvgIpc) is 3.47.